The smallest absolute Gasteiger partial charge is 0.343 e. The maximum atomic E-state index is 3.60. The van der Waals surface area contributed by atoms with Crippen molar-refractivity contribution in [2.24, 2.45) is 0 Å². The second-order valence-corrected chi connectivity index (χ2v) is 1.82. The topological polar surface area (TPSA) is 0 Å². The summed E-state index contributed by atoms with van der Waals surface area (Å²) in [7, 11) is 0. The minimum absolute atomic E-state index is 0. The summed E-state index contributed by atoms with van der Waals surface area (Å²) in [5, 5.41) is 0. The third kappa shape index (κ3) is 10.8. The summed E-state index contributed by atoms with van der Waals surface area (Å²) in [4.78, 5) is 0. The largest absolute Gasteiger partial charge is 2.00 e. The molecule has 0 aliphatic heterocycles. The van der Waals surface area contributed by atoms with E-state index in [1.165, 1.54) is 6.42 Å². The van der Waals surface area contributed by atoms with E-state index in [9.17, 15) is 0 Å². The fourth-order valence-corrected chi connectivity index (χ4v) is 0.321. The molecule has 0 amide bonds. The van der Waals surface area contributed by atoms with E-state index < -0.39 is 0 Å². The fourth-order valence-electron chi connectivity index (χ4n) is 0.321. The van der Waals surface area contributed by atoms with Crippen molar-refractivity contribution in [3.63, 3.8) is 0 Å². The molecule has 1 aromatic carbocycles. The Hall–Kier alpha value is -0.131. The van der Waals surface area contributed by atoms with Gasteiger partial charge in [0, 0.05) is 0 Å². The van der Waals surface area contributed by atoms with Crippen LogP contribution in [-0.2, 0) is 17.1 Å². The quantitative estimate of drug-likeness (QED) is 0.457. The molecule has 10 heavy (non-hydrogen) atoms. The van der Waals surface area contributed by atoms with Gasteiger partial charge in [0.05, 0.1) is 0 Å². The zero-order valence-electron chi connectivity index (χ0n) is 6.39. The first-order valence-electron chi connectivity index (χ1n) is 3.37. The average molecular weight is 177 g/mol. The molecule has 0 N–H and O–H groups in total. The molecule has 0 aliphatic rings. The first kappa shape index (κ1) is 12.5. The zero-order valence-corrected chi connectivity index (χ0v) is 7.57. The van der Waals surface area contributed by atoms with E-state index in [4.69, 9.17) is 0 Å². The van der Waals surface area contributed by atoms with Crippen molar-refractivity contribution in [2.75, 3.05) is 0 Å². The van der Waals surface area contributed by atoms with Gasteiger partial charge in [0.1, 0.15) is 0 Å². The summed E-state index contributed by atoms with van der Waals surface area (Å²) in [6.45, 7) is 5.72. The summed E-state index contributed by atoms with van der Waals surface area (Å²) in [6, 6.07) is 10.0. The van der Waals surface area contributed by atoms with Crippen LogP contribution >= 0.6 is 0 Å². The fraction of sp³-hybridized carbons (Fsp3) is 0.333. The number of rotatable bonds is 1. The molecule has 0 spiro atoms. The van der Waals surface area contributed by atoms with E-state index in [1.54, 1.807) is 0 Å². The SMILES string of the molecule is [CH2-]CCC.[Mn+2].c1cc[cH-]c1. The second kappa shape index (κ2) is 11.6. The van der Waals surface area contributed by atoms with Crippen LogP contribution in [-0.4, -0.2) is 0 Å². The van der Waals surface area contributed by atoms with Gasteiger partial charge in [-0.1, -0.05) is 13.3 Å². The van der Waals surface area contributed by atoms with E-state index in [1.807, 2.05) is 30.3 Å². The third-order valence-corrected chi connectivity index (χ3v) is 0.909. The molecular weight excluding hydrogens is 163 g/mol. The molecule has 0 aromatic heterocycles. The van der Waals surface area contributed by atoms with Gasteiger partial charge < -0.3 is 6.92 Å². The molecule has 1 rings (SSSR count). The van der Waals surface area contributed by atoms with E-state index in [0.29, 0.717) is 0 Å². The minimum Gasteiger partial charge on any atom is -0.343 e. The molecule has 1 heteroatoms. The van der Waals surface area contributed by atoms with Gasteiger partial charge in [-0.2, -0.15) is 24.6 Å². The van der Waals surface area contributed by atoms with Crippen molar-refractivity contribution in [1.29, 1.82) is 0 Å². The van der Waals surface area contributed by atoms with E-state index in [2.05, 4.69) is 13.8 Å². The van der Waals surface area contributed by atoms with Crippen LogP contribution in [0.1, 0.15) is 19.8 Å². The van der Waals surface area contributed by atoms with Crippen LogP contribution in [0, 0.1) is 6.92 Å². The first-order chi connectivity index (χ1) is 4.41. The molecule has 0 saturated carbocycles. The zero-order chi connectivity index (χ0) is 6.95. The summed E-state index contributed by atoms with van der Waals surface area (Å²) < 4.78 is 0. The number of hydrogen-bond acceptors (Lipinski definition) is 0. The van der Waals surface area contributed by atoms with Crippen LogP contribution in [0.5, 0.6) is 0 Å². The average Bonchev–Trinajstić information content (AvgIpc) is 2.43. The molecule has 0 bridgehead atoms. The standard InChI is InChI=1S/C5H5.C4H9.Mn/c1-2-4-5-3-1;1-3-4-2;/h1-5H;1,3-4H2,2H3;/q2*-1;+2. The Morgan fingerprint density at radius 2 is 1.70 bits per heavy atom. The van der Waals surface area contributed by atoms with Gasteiger partial charge in [-0.05, 0) is 0 Å². The van der Waals surface area contributed by atoms with Crippen molar-refractivity contribution < 1.29 is 17.1 Å². The molecule has 0 aliphatic carbocycles. The summed E-state index contributed by atoms with van der Waals surface area (Å²) in [5.41, 5.74) is 0. The van der Waals surface area contributed by atoms with Crippen LogP contribution in [0.3, 0.4) is 0 Å². The van der Waals surface area contributed by atoms with Gasteiger partial charge in [-0.15, -0.1) is 0 Å². The van der Waals surface area contributed by atoms with Gasteiger partial charge in [-0.25, -0.2) is 12.1 Å². The molecule has 0 unspecified atom stereocenters. The van der Waals surface area contributed by atoms with Crippen LogP contribution in [0.2, 0.25) is 0 Å². The summed E-state index contributed by atoms with van der Waals surface area (Å²) >= 11 is 0. The van der Waals surface area contributed by atoms with Crippen LogP contribution in [0.15, 0.2) is 30.3 Å². The Bertz CT molecular complexity index is 80.3. The van der Waals surface area contributed by atoms with Crippen LogP contribution < -0.4 is 0 Å². The van der Waals surface area contributed by atoms with Crippen molar-refractivity contribution in [1.82, 2.24) is 0 Å². The number of unbranched alkanes of at least 4 members (excludes halogenated alkanes) is 1. The van der Waals surface area contributed by atoms with E-state index in [0.717, 1.165) is 6.42 Å². The second-order valence-electron chi connectivity index (χ2n) is 1.82. The summed E-state index contributed by atoms with van der Waals surface area (Å²) in [6.07, 6.45) is 2.28. The van der Waals surface area contributed by atoms with Crippen molar-refractivity contribution >= 4 is 0 Å². The van der Waals surface area contributed by atoms with Gasteiger partial charge in [-0.3, -0.25) is 0 Å². The molecule has 0 saturated heterocycles. The van der Waals surface area contributed by atoms with Gasteiger partial charge in [0.25, 0.3) is 0 Å². The van der Waals surface area contributed by atoms with Crippen LogP contribution in [0.25, 0.3) is 0 Å². The van der Waals surface area contributed by atoms with Gasteiger partial charge in [0.15, 0.2) is 0 Å². The molecule has 0 fully saturated rings. The normalized spacial score (nSPS) is 7.00. The molecule has 1 radical (unpaired) electrons. The Labute approximate surface area is 74.5 Å². The molecule has 1 aromatic rings. The maximum Gasteiger partial charge on any atom is 2.00 e. The first-order valence-corrected chi connectivity index (χ1v) is 3.37. The Morgan fingerprint density at radius 3 is 1.80 bits per heavy atom. The number of hydrogen-bond donors (Lipinski definition) is 0. The molecule has 0 nitrogen and oxygen atoms in total. The van der Waals surface area contributed by atoms with Crippen molar-refractivity contribution in [2.45, 2.75) is 19.8 Å². The Morgan fingerprint density at radius 1 is 1.30 bits per heavy atom. The maximum absolute atomic E-state index is 3.60. The van der Waals surface area contributed by atoms with Gasteiger partial charge >= 0.3 is 17.1 Å². The molecule has 0 heterocycles. The van der Waals surface area contributed by atoms with E-state index >= 15 is 0 Å². The third-order valence-electron chi connectivity index (χ3n) is 0.909. The van der Waals surface area contributed by atoms with Crippen molar-refractivity contribution in [3.8, 4) is 0 Å². The van der Waals surface area contributed by atoms with Crippen molar-refractivity contribution in [3.05, 3.63) is 37.3 Å². The molecule has 0 atom stereocenters. The van der Waals surface area contributed by atoms with Crippen LogP contribution in [0.4, 0.5) is 0 Å². The Kier molecular flexibility index (Phi) is 14.6. The minimum atomic E-state index is 0. The molecule has 57 valence electrons. The van der Waals surface area contributed by atoms with Gasteiger partial charge in [0.2, 0.25) is 0 Å². The predicted octanol–water partition coefficient (Wildman–Crippen LogP) is 3.02. The van der Waals surface area contributed by atoms with E-state index in [-0.39, 0.29) is 17.1 Å². The monoisotopic (exact) mass is 177 g/mol. The molecular formula is C9H14Mn. The Balaban J connectivity index is 0. The summed E-state index contributed by atoms with van der Waals surface area (Å²) in [5.74, 6) is 0. The predicted molar refractivity (Wildman–Crippen MR) is 42.3 cm³/mol.